The van der Waals surface area contributed by atoms with Crippen molar-refractivity contribution in [1.82, 2.24) is 0 Å². The van der Waals surface area contributed by atoms with Gasteiger partial charge in [0, 0.05) is 12.8 Å². The molecule has 0 amide bonds. The zero-order valence-electron chi connectivity index (χ0n) is 40.6. The van der Waals surface area contributed by atoms with Crippen molar-refractivity contribution in [3.8, 4) is 0 Å². The molecule has 0 radical (unpaired) electrons. The molecule has 0 fully saturated rings. The number of carbonyl (C=O) groups excluding carboxylic acids is 3. The molecule has 0 bridgehead atoms. The number of esters is 3. The molecule has 0 spiro atoms. The third-order valence-electron chi connectivity index (χ3n) is 11.0. The first-order valence-corrected chi connectivity index (χ1v) is 25.9. The Balaban J connectivity index is 4.44. The van der Waals surface area contributed by atoms with Gasteiger partial charge in [0.05, 0.1) is 6.42 Å². The van der Waals surface area contributed by atoms with Crippen LogP contribution in [0.2, 0.25) is 0 Å². The van der Waals surface area contributed by atoms with Crippen molar-refractivity contribution in [2.75, 3.05) is 13.2 Å². The van der Waals surface area contributed by atoms with Crippen LogP contribution in [-0.2, 0) is 28.6 Å². The third kappa shape index (κ3) is 47.9. The zero-order valence-corrected chi connectivity index (χ0v) is 40.6. The molecule has 1 atom stereocenters. The first kappa shape index (κ1) is 58.9. The smallest absolute Gasteiger partial charge is 0.310 e. The number of carbonyl (C=O) groups is 3. The molecule has 0 saturated heterocycles. The van der Waals surface area contributed by atoms with Gasteiger partial charge in [-0.3, -0.25) is 14.4 Å². The molecule has 62 heavy (non-hydrogen) atoms. The van der Waals surface area contributed by atoms with Gasteiger partial charge < -0.3 is 14.2 Å². The van der Waals surface area contributed by atoms with Crippen molar-refractivity contribution in [3.63, 3.8) is 0 Å². The standard InChI is InChI=1S/C56H96O6/c1-4-7-10-13-16-19-22-24-26-27-28-30-31-34-37-40-43-46-49-55(58)61-52-53(51-60-54(57)48-45-42-39-36-33-21-18-15-12-9-6-3)62-56(59)50-47-44-41-38-35-32-29-25-23-20-17-14-11-8-5-2/h8,11,15,17-18,20,25,29,35,38,44,47,53H,4-7,9-10,12-14,16,19,21-24,26-28,30-34,36-37,39-43,45-46,48-52H2,1-3H3/b11-8-,18-15-,20-17-,29-25-,38-35-,47-44-. The monoisotopic (exact) mass is 865 g/mol. The average Bonchev–Trinajstić information content (AvgIpc) is 3.27. The lowest BCUT2D eigenvalue weighted by Crippen LogP contribution is -2.30. The molecule has 6 heteroatoms. The molecule has 0 aliphatic heterocycles. The maximum atomic E-state index is 12.7. The molecule has 0 aliphatic rings. The summed E-state index contributed by atoms with van der Waals surface area (Å²) in [4.78, 5) is 37.9. The van der Waals surface area contributed by atoms with Crippen LogP contribution in [0.25, 0.3) is 0 Å². The van der Waals surface area contributed by atoms with Crippen molar-refractivity contribution in [2.24, 2.45) is 0 Å². The maximum Gasteiger partial charge on any atom is 0.310 e. The largest absolute Gasteiger partial charge is 0.462 e. The van der Waals surface area contributed by atoms with Crippen molar-refractivity contribution in [2.45, 2.75) is 252 Å². The highest BCUT2D eigenvalue weighted by molar-refractivity contribution is 5.72. The number of hydrogen-bond donors (Lipinski definition) is 0. The first-order valence-electron chi connectivity index (χ1n) is 25.9. The number of allylic oxidation sites excluding steroid dienone is 11. The lowest BCUT2D eigenvalue weighted by atomic mass is 10.0. The zero-order chi connectivity index (χ0) is 45.1. The second-order valence-corrected chi connectivity index (χ2v) is 17.1. The highest BCUT2D eigenvalue weighted by atomic mass is 16.6. The van der Waals surface area contributed by atoms with E-state index in [1.165, 1.54) is 122 Å². The molecule has 0 aromatic carbocycles. The molecule has 0 aromatic rings. The molecule has 0 aromatic heterocycles. The summed E-state index contributed by atoms with van der Waals surface area (Å²) in [6.07, 6.45) is 63.5. The van der Waals surface area contributed by atoms with E-state index in [1.54, 1.807) is 6.08 Å². The van der Waals surface area contributed by atoms with Crippen LogP contribution in [0.5, 0.6) is 0 Å². The topological polar surface area (TPSA) is 78.9 Å². The van der Waals surface area contributed by atoms with Crippen molar-refractivity contribution in [3.05, 3.63) is 72.9 Å². The van der Waals surface area contributed by atoms with E-state index in [-0.39, 0.29) is 31.6 Å². The van der Waals surface area contributed by atoms with Crippen LogP contribution in [0.3, 0.4) is 0 Å². The summed E-state index contributed by atoms with van der Waals surface area (Å²) in [6, 6.07) is 0. The fraction of sp³-hybridized carbons (Fsp3) is 0.732. The van der Waals surface area contributed by atoms with Gasteiger partial charge in [0.25, 0.3) is 0 Å². The highest BCUT2D eigenvalue weighted by Gasteiger charge is 2.19. The van der Waals surface area contributed by atoms with Gasteiger partial charge in [0.2, 0.25) is 0 Å². The van der Waals surface area contributed by atoms with Gasteiger partial charge >= 0.3 is 17.9 Å². The van der Waals surface area contributed by atoms with E-state index in [4.69, 9.17) is 14.2 Å². The predicted octanol–water partition coefficient (Wildman–Crippen LogP) is 17.0. The van der Waals surface area contributed by atoms with Gasteiger partial charge in [0.1, 0.15) is 13.2 Å². The van der Waals surface area contributed by atoms with Crippen LogP contribution in [0.15, 0.2) is 72.9 Å². The number of rotatable bonds is 46. The summed E-state index contributed by atoms with van der Waals surface area (Å²) in [7, 11) is 0. The summed E-state index contributed by atoms with van der Waals surface area (Å²) in [5.41, 5.74) is 0. The molecule has 0 rings (SSSR count). The van der Waals surface area contributed by atoms with E-state index in [0.29, 0.717) is 12.8 Å². The van der Waals surface area contributed by atoms with Gasteiger partial charge in [-0.1, -0.05) is 235 Å². The van der Waals surface area contributed by atoms with Crippen molar-refractivity contribution in [1.29, 1.82) is 0 Å². The summed E-state index contributed by atoms with van der Waals surface area (Å²) < 4.78 is 16.7. The van der Waals surface area contributed by atoms with Crippen LogP contribution in [0.1, 0.15) is 245 Å². The molecule has 0 aliphatic carbocycles. The minimum Gasteiger partial charge on any atom is -0.462 e. The molecular formula is C56H96O6. The summed E-state index contributed by atoms with van der Waals surface area (Å²) >= 11 is 0. The first-order chi connectivity index (χ1) is 30.5. The quantitative estimate of drug-likeness (QED) is 0.0262. The van der Waals surface area contributed by atoms with Crippen LogP contribution < -0.4 is 0 Å². The van der Waals surface area contributed by atoms with E-state index in [0.717, 1.165) is 83.5 Å². The van der Waals surface area contributed by atoms with Crippen molar-refractivity contribution >= 4 is 17.9 Å². The molecule has 0 heterocycles. The molecule has 0 saturated carbocycles. The van der Waals surface area contributed by atoms with E-state index in [2.05, 4.69) is 81.5 Å². The number of unbranched alkanes of at least 4 members (excludes halogenated alkanes) is 24. The normalized spacial score (nSPS) is 12.6. The lowest BCUT2D eigenvalue weighted by Gasteiger charge is -2.18. The Kier molecular flexibility index (Phi) is 47.9. The number of hydrogen-bond acceptors (Lipinski definition) is 6. The average molecular weight is 865 g/mol. The highest BCUT2D eigenvalue weighted by Crippen LogP contribution is 2.15. The Morgan fingerprint density at radius 3 is 1.10 bits per heavy atom. The van der Waals surface area contributed by atoms with Crippen LogP contribution in [0.4, 0.5) is 0 Å². The second kappa shape index (κ2) is 50.5. The van der Waals surface area contributed by atoms with Crippen LogP contribution in [0, 0.1) is 0 Å². The Bertz CT molecular complexity index is 1180. The molecular weight excluding hydrogens is 769 g/mol. The van der Waals surface area contributed by atoms with E-state index < -0.39 is 12.1 Å². The second-order valence-electron chi connectivity index (χ2n) is 17.1. The Morgan fingerprint density at radius 1 is 0.355 bits per heavy atom. The fourth-order valence-electron chi connectivity index (χ4n) is 7.09. The van der Waals surface area contributed by atoms with E-state index >= 15 is 0 Å². The minimum absolute atomic E-state index is 0.0970. The number of ether oxygens (including phenoxy) is 3. The van der Waals surface area contributed by atoms with Gasteiger partial charge in [-0.25, -0.2) is 0 Å². The molecule has 1 unspecified atom stereocenters. The summed E-state index contributed by atoms with van der Waals surface area (Å²) in [5, 5.41) is 0. The van der Waals surface area contributed by atoms with Gasteiger partial charge in [-0.2, -0.15) is 0 Å². The summed E-state index contributed by atoms with van der Waals surface area (Å²) in [5.74, 6) is -1.05. The van der Waals surface area contributed by atoms with Crippen molar-refractivity contribution < 1.29 is 28.6 Å². The minimum atomic E-state index is -0.830. The van der Waals surface area contributed by atoms with Gasteiger partial charge in [0.15, 0.2) is 6.10 Å². The Hall–Kier alpha value is -3.15. The van der Waals surface area contributed by atoms with E-state index in [9.17, 15) is 14.4 Å². The molecule has 0 N–H and O–H groups in total. The maximum absolute atomic E-state index is 12.7. The van der Waals surface area contributed by atoms with E-state index in [1.807, 2.05) is 6.08 Å². The summed E-state index contributed by atoms with van der Waals surface area (Å²) in [6.45, 7) is 6.40. The Morgan fingerprint density at radius 2 is 0.694 bits per heavy atom. The molecule has 356 valence electrons. The lowest BCUT2D eigenvalue weighted by molar-refractivity contribution is -0.166. The van der Waals surface area contributed by atoms with Gasteiger partial charge in [-0.05, 0) is 64.2 Å². The van der Waals surface area contributed by atoms with Crippen LogP contribution in [-0.4, -0.2) is 37.2 Å². The Labute approximate surface area is 382 Å². The SMILES string of the molecule is CC/C=C\C/C=C\C/C=C\C/C=C\C/C=C\CC(=O)OC(COC(=O)CCCCCCC/C=C\CCCC)COC(=O)CCCCCCCCCCCCCCCCCCCC. The molecule has 6 nitrogen and oxygen atoms in total. The van der Waals surface area contributed by atoms with Crippen LogP contribution >= 0.6 is 0 Å². The van der Waals surface area contributed by atoms with Gasteiger partial charge in [-0.15, -0.1) is 0 Å². The predicted molar refractivity (Wildman–Crippen MR) is 265 cm³/mol. The third-order valence-corrected chi connectivity index (χ3v) is 11.0. The fourth-order valence-corrected chi connectivity index (χ4v) is 7.09.